The van der Waals surface area contributed by atoms with Gasteiger partial charge in [0.15, 0.2) is 11.0 Å². The number of fused-ring (bicyclic) bond motifs is 1. The second-order valence-corrected chi connectivity index (χ2v) is 6.60. The molecule has 0 bridgehead atoms. The van der Waals surface area contributed by atoms with Crippen LogP contribution in [0.25, 0.3) is 10.8 Å². The standard InChI is InChI=1S/C16H16ClN3S/c1-10(2)14(13-8-5-9-21-13)18-16-12-7-4-3-6-11(12)15(17)19-20-16/h3-10,14H,1-2H3,(H,18,20). The average molecular weight is 318 g/mol. The molecule has 0 amide bonds. The first-order chi connectivity index (χ1) is 10.2. The highest BCUT2D eigenvalue weighted by Crippen LogP contribution is 2.32. The monoisotopic (exact) mass is 317 g/mol. The molecule has 2 heterocycles. The summed E-state index contributed by atoms with van der Waals surface area (Å²) < 4.78 is 0. The number of aromatic nitrogens is 2. The predicted molar refractivity (Wildman–Crippen MR) is 90.1 cm³/mol. The van der Waals surface area contributed by atoms with Gasteiger partial charge in [-0.15, -0.1) is 21.5 Å². The summed E-state index contributed by atoms with van der Waals surface area (Å²) in [5.41, 5.74) is 0. The first-order valence-electron chi connectivity index (χ1n) is 6.87. The van der Waals surface area contributed by atoms with Crippen LogP contribution < -0.4 is 5.32 Å². The van der Waals surface area contributed by atoms with Crippen molar-refractivity contribution >= 4 is 39.5 Å². The smallest absolute Gasteiger partial charge is 0.159 e. The van der Waals surface area contributed by atoms with Gasteiger partial charge >= 0.3 is 0 Å². The molecule has 1 unspecified atom stereocenters. The molecule has 3 nitrogen and oxygen atoms in total. The lowest BCUT2D eigenvalue weighted by Gasteiger charge is -2.22. The van der Waals surface area contributed by atoms with Crippen LogP contribution in [0.15, 0.2) is 41.8 Å². The van der Waals surface area contributed by atoms with Crippen LogP contribution >= 0.6 is 22.9 Å². The maximum absolute atomic E-state index is 6.13. The fourth-order valence-electron chi connectivity index (χ4n) is 2.36. The molecule has 0 fully saturated rings. The van der Waals surface area contributed by atoms with E-state index in [0.717, 1.165) is 16.6 Å². The van der Waals surface area contributed by atoms with Crippen LogP contribution in [0.4, 0.5) is 5.82 Å². The minimum atomic E-state index is 0.212. The molecule has 2 aromatic heterocycles. The molecule has 0 aliphatic heterocycles. The minimum Gasteiger partial charge on any atom is -0.360 e. The third kappa shape index (κ3) is 2.87. The van der Waals surface area contributed by atoms with Gasteiger partial charge in [0.25, 0.3) is 0 Å². The molecule has 1 N–H and O–H groups in total. The summed E-state index contributed by atoms with van der Waals surface area (Å²) in [7, 11) is 0. The molecule has 1 atom stereocenters. The van der Waals surface area contributed by atoms with Crippen LogP contribution in [0.2, 0.25) is 5.15 Å². The van der Waals surface area contributed by atoms with Crippen LogP contribution in [0, 0.1) is 5.92 Å². The van der Waals surface area contributed by atoms with Crippen LogP contribution in [-0.4, -0.2) is 10.2 Å². The van der Waals surface area contributed by atoms with Crippen LogP contribution in [0.1, 0.15) is 24.8 Å². The second kappa shape index (κ2) is 6.00. The Morgan fingerprint density at radius 1 is 1.05 bits per heavy atom. The van der Waals surface area contributed by atoms with E-state index in [0.29, 0.717) is 11.1 Å². The van der Waals surface area contributed by atoms with Gasteiger partial charge in [0.2, 0.25) is 0 Å². The van der Waals surface area contributed by atoms with Gasteiger partial charge in [-0.2, -0.15) is 0 Å². The van der Waals surface area contributed by atoms with Crippen molar-refractivity contribution < 1.29 is 0 Å². The molecule has 0 saturated heterocycles. The zero-order chi connectivity index (χ0) is 14.8. The zero-order valence-corrected chi connectivity index (χ0v) is 13.4. The number of anilines is 1. The maximum atomic E-state index is 6.13. The molecule has 3 rings (SSSR count). The lowest BCUT2D eigenvalue weighted by Crippen LogP contribution is -2.17. The Balaban J connectivity index is 2.03. The van der Waals surface area contributed by atoms with Gasteiger partial charge < -0.3 is 5.32 Å². The van der Waals surface area contributed by atoms with Gasteiger partial charge in [-0.05, 0) is 17.4 Å². The summed E-state index contributed by atoms with van der Waals surface area (Å²) in [6.07, 6.45) is 0. The number of nitrogens with zero attached hydrogens (tertiary/aromatic N) is 2. The summed E-state index contributed by atoms with van der Waals surface area (Å²) >= 11 is 7.88. The number of thiophene rings is 1. The molecular formula is C16H16ClN3S. The Labute approximate surface area is 133 Å². The maximum Gasteiger partial charge on any atom is 0.159 e. The molecule has 0 radical (unpaired) electrons. The van der Waals surface area contributed by atoms with Crippen molar-refractivity contribution in [3.8, 4) is 0 Å². The molecule has 0 aliphatic carbocycles. The molecule has 0 spiro atoms. The van der Waals surface area contributed by atoms with Crippen molar-refractivity contribution in [3.05, 3.63) is 51.8 Å². The van der Waals surface area contributed by atoms with Crippen LogP contribution in [-0.2, 0) is 0 Å². The normalized spacial score (nSPS) is 12.8. The van der Waals surface area contributed by atoms with Gasteiger partial charge in [-0.1, -0.05) is 55.8 Å². The van der Waals surface area contributed by atoms with Crippen molar-refractivity contribution in [1.82, 2.24) is 10.2 Å². The Morgan fingerprint density at radius 3 is 2.48 bits per heavy atom. The number of hydrogen-bond acceptors (Lipinski definition) is 4. The predicted octanol–water partition coefficient (Wildman–Crippen LogP) is 5.15. The van der Waals surface area contributed by atoms with E-state index in [4.69, 9.17) is 11.6 Å². The Bertz CT molecular complexity index is 740. The van der Waals surface area contributed by atoms with Crippen LogP contribution in [0.3, 0.4) is 0 Å². The molecule has 108 valence electrons. The largest absolute Gasteiger partial charge is 0.360 e. The number of halogens is 1. The molecule has 3 aromatic rings. The first kappa shape index (κ1) is 14.3. The lowest BCUT2D eigenvalue weighted by molar-refractivity contribution is 0.552. The summed E-state index contributed by atoms with van der Waals surface area (Å²) in [4.78, 5) is 1.30. The SMILES string of the molecule is CC(C)C(Nc1nnc(Cl)c2ccccc12)c1cccs1. The van der Waals surface area contributed by atoms with E-state index in [9.17, 15) is 0 Å². The summed E-state index contributed by atoms with van der Waals surface area (Å²) in [5.74, 6) is 1.22. The number of benzene rings is 1. The lowest BCUT2D eigenvalue weighted by atomic mass is 10.0. The zero-order valence-electron chi connectivity index (χ0n) is 11.9. The quantitative estimate of drug-likeness (QED) is 0.722. The fraction of sp³-hybridized carbons (Fsp3) is 0.250. The third-order valence-electron chi connectivity index (χ3n) is 3.45. The number of hydrogen-bond donors (Lipinski definition) is 1. The summed E-state index contributed by atoms with van der Waals surface area (Å²) in [6, 6.07) is 12.4. The van der Waals surface area contributed by atoms with Crippen molar-refractivity contribution in [2.24, 2.45) is 5.92 Å². The number of nitrogens with one attached hydrogen (secondary N) is 1. The van der Waals surface area contributed by atoms with E-state index in [2.05, 4.69) is 46.9 Å². The Morgan fingerprint density at radius 2 is 1.81 bits per heavy atom. The van der Waals surface area contributed by atoms with Crippen molar-refractivity contribution in [3.63, 3.8) is 0 Å². The van der Waals surface area contributed by atoms with E-state index >= 15 is 0 Å². The van der Waals surface area contributed by atoms with Crippen LogP contribution in [0.5, 0.6) is 0 Å². The highest BCUT2D eigenvalue weighted by atomic mass is 35.5. The second-order valence-electron chi connectivity index (χ2n) is 5.27. The molecule has 1 aromatic carbocycles. The van der Waals surface area contributed by atoms with Crippen molar-refractivity contribution in [1.29, 1.82) is 0 Å². The Hall–Kier alpha value is -1.65. The molecular weight excluding hydrogens is 302 g/mol. The summed E-state index contributed by atoms with van der Waals surface area (Å²) in [6.45, 7) is 4.39. The van der Waals surface area contributed by atoms with E-state index in [-0.39, 0.29) is 6.04 Å². The molecule has 21 heavy (non-hydrogen) atoms. The van der Waals surface area contributed by atoms with Gasteiger partial charge in [-0.25, -0.2) is 0 Å². The molecule has 5 heteroatoms. The Kier molecular flexibility index (Phi) is 4.08. The average Bonchev–Trinajstić information content (AvgIpc) is 3.00. The highest BCUT2D eigenvalue weighted by Gasteiger charge is 2.19. The van der Waals surface area contributed by atoms with Crippen molar-refractivity contribution in [2.75, 3.05) is 5.32 Å². The highest BCUT2D eigenvalue weighted by molar-refractivity contribution is 7.10. The van der Waals surface area contributed by atoms with E-state index < -0.39 is 0 Å². The molecule has 0 saturated carbocycles. The fourth-order valence-corrected chi connectivity index (χ4v) is 3.51. The third-order valence-corrected chi connectivity index (χ3v) is 4.69. The van der Waals surface area contributed by atoms with E-state index in [1.54, 1.807) is 11.3 Å². The van der Waals surface area contributed by atoms with Crippen molar-refractivity contribution in [2.45, 2.75) is 19.9 Å². The topological polar surface area (TPSA) is 37.8 Å². The van der Waals surface area contributed by atoms with Gasteiger partial charge in [0.1, 0.15) is 0 Å². The van der Waals surface area contributed by atoms with E-state index in [1.807, 2.05) is 24.3 Å². The van der Waals surface area contributed by atoms with E-state index in [1.165, 1.54) is 4.88 Å². The van der Waals surface area contributed by atoms with Gasteiger partial charge in [0, 0.05) is 15.6 Å². The van der Waals surface area contributed by atoms with Gasteiger partial charge in [0.05, 0.1) is 6.04 Å². The minimum absolute atomic E-state index is 0.212. The molecule has 0 aliphatic rings. The number of rotatable bonds is 4. The summed E-state index contributed by atoms with van der Waals surface area (Å²) in [5, 5.41) is 16.3. The first-order valence-corrected chi connectivity index (χ1v) is 8.13. The van der Waals surface area contributed by atoms with Gasteiger partial charge in [-0.3, -0.25) is 0 Å².